The number of hydrogen-bond acceptors (Lipinski definition) is 5. The zero-order valence-electron chi connectivity index (χ0n) is 15.7. The Morgan fingerprint density at radius 2 is 1.54 bits per heavy atom. The van der Waals surface area contributed by atoms with Crippen LogP contribution in [0.3, 0.4) is 0 Å². The van der Waals surface area contributed by atoms with Crippen molar-refractivity contribution in [2.75, 3.05) is 24.5 Å². The molecule has 2 aromatic carbocycles. The van der Waals surface area contributed by atoms with E-state index < -0.39 is 14.9 Å². The van der Waals surface area contributed by atoms with Crippen molar-refractivity contribution in [3.63, 3.8) is 0 Å². The van der Waals surface area contributed by atoms with E-state index in [9.17, 15) is 18.5 Å². The minimum atomic E-state index is -3.68. The molecule has 0 saturated carbocycles. The van der Waals surface area contributed by atoms with E-state index >= 15 is 0 Å². The van der Waals surface area contributed by atoms with Gasteiger partial charge in [0.1, 0.15) is 0 Å². The van der Waals surface area contributed by atoms with E-state index in [4.69, 9.17) is 0 Å². The molecule has 3 rings (SSSR count). The highest BCUT2D eigenvalue weighted by Crippen LogP contribution is 2.20. The summed E-state index contributed by atoms with van der Waals surface area (Å²) >= 11 is 0. The largest absolute Gasteiger partial charge is 0.372 e. The first-order valence-corrected chi connectivity index (χ1v) is 11.0. The van der Waals surface area contributed by atoms with Gasteiger partial charge in [0.05, 0.1) is 9.82 Å². The van der Waals surface area contributed by atoms with Crippen LogP contribution in [0.15, 0.2) is 53.4 Å². The molecule has 0 spiro atoms. The summed E-state index contributed by atoms with van der Waals surface area (Å²) in [5, 5.41) is 10.7. The third-order valence-corrected chi connectivity index (χ3v) is 6.45. The summed E-state index contributed by atoms with van der Waals surface area (Å²) in [7, 11) is -3.68. The molecule has 1 fully saturated rings. The van der Waals surface area contributed by atoms with Gasteiger partial charge in [0.25, 0.3) is 5.69 Å². The smallest absolute Gasteiger partial charge is 0.269 e. The molecule has 1 aliphatic heterocycles. The lowest BCUT2D eigenvalue weighted by Gasteiger charge is -2.22. The Balaban J connectivity index is 1.54. The zero-order valence-corrected chi connectivity index (χ0v) is 16.5. The predicted molar refractivity (Wildman–Crippen MR) is 109 cm³/mol. The second kappa shape index (κ2) is 9.16. The van der Waals surface area contributed by atoms with Crippen LogP contribution in [0.5, 0.6) is 0 Å². The van der Waals surface area contributed by atoms with Crippen molar-refractivity contribution in [2.24, 2.45) is 0 Å². The van der Waals surface area contributed by atoms with Gasteiger partial charge in [-0.15, -0.1) is 0 Å². The van der Waals surface area contributed by atoms with Crippen molar-refractivity contribution in [3.8, 4) is 0 Å². The van der Waals surface area contributed by atoms with Gasteiger partial charge < -0.3 is 4.90 Å². The minimum Gasteiger partial charge on any atom is -0.372 e. The first-order chi connectivity index (χ1) is 13.5. The van der Waals surface area contributed by atoms with Crippen molar-refractivity contribution in [1.82, 2.24) is 4.72 Å². The molecule has 28 heavy (non-hydrogen) atoms. The zero-order chi connectivity index (χ0) is 20.0. The monoisotopic (exact) mass is 403 g/mol. The highest BCUT2D eigenvalue weighted by Gasteiger charge is 2.15. The van der Waals surface area contributed by atoms with E-state index in [-0.39, 0.29) is 17.1 Å². The Morgan fingerprint density at radius 3 is 2.11 bits per heavy atom. The van der Waals surface area contributed by atoms with Crippen LogP contribution in [0.4, 0.5) is 11.4 Å². The maximum absolute atomic E-state index is 12.3. The van der Waals surface area contributed by atoms with Crippen LogP contribution in [0.2, 0.25) is 0 Å². The van der Waals surface area contributed by atoms with E-state index in [1.165, 1.54) is 55.6 Å². The van der Waals surface area contributed by atoms with Crippen molar-refractivity contribution >= 4 is 21.4 Å². The summed E-state index contributed by atoms with van der Waals surface area (Å²) in [6.45, 7) is 2.45. The molecule has 0 unspecified atom stereocenters. The number of anilines is 1. The van der Waals surface area contributed by atoms with Crippen LogP contribution < -0.4 is 9.62 Å². The van der Waals surface area contributed by atoms with Crippen LogP contribution >= 0.6 is 0 Å². The van der Waals surface area contributed by atoms with Crippen molar-refractivity contribution in [1.29, 1.82) is 0 Å². The molecule has 2 aromatic rings. The second-order valence-corrected chi connectivity index (χ2v) is 8.73. The molecule has 7 nitrogen and oxygen atoms in total. The Hall–Kier alpha value is -2.45. The third kappa shape index (κ3) is 5.30. The van der Waals surface area contributed by atoms with E-state index in [0.29, 0.717) is 6.42 Å². The lowest BCUT2D eigenvalue weighted by molar-refractivity contribution is -0.384. The van der Waals surface area contributed by atoms with E-state index in [0.717, 1.165) is 18.7 Å². The quantitative estimate of drug-likeness (QED) is 0.564. The van der Waals surface area contributed by atoms with Crippen molar-refractivity contribution in [2.45, 2.75) is 37.0 Å². The molecular weight excluding hydrogens is 378 g/mol. The fourth-order valence-corrected chi connectivity index (χ4v) is 4.39. The number of rotatable bonds is 7. The topological polar surface area (TPSA) is 92.5 Å². The molecule has 0 bridgehead atoms. The number of nitrogens with one attached hydrogen (secondary N) is 1. The van der Waals surface area contributed by atoms with Gasteiger partial charge in [-0.05, 0) is 49.1 Å². The highest BCUT2D eigenvalue weighted by atomic mass is 32.2. The van der Waals surface area contributed by atoms with Crippen LogP contribution in [0.1, 0.15) is 31.2 Å². The maximum atomic E-state index is 12.3. The summed E-state index contributed by atoms with van der Waals surface area (Å²) in [6.07, 6.45) is 5.62. The van der Waals surface area contributed by atoms with Crippen LogP contribution in [0.25, 0.3) is 0 Å². The van der Waals surface area contributed by atoms with Gasteiger partial charge in [-0.3, -0.25) is 10.1 Å². The Kier molecular flexibility index (Phi) is 6.64. The first kappa shape index (κ1) is 20.3. The fourth-order valence-electron chi connectivity index (χ4n) is 3.36. The highest BCUT2D eigenvalue weighted by molar-refractivity contribution is 7.89. The summed E-state index contributed by atoms with van der Waals surface area (Å²) in [4.78, 5) is 12.5. The first-order valence-electron chi connectivity index (χ1n) is 9.54. The Bertz CT molecular complexity index is 888. The Labute approximate surface area is 165 Å². The van der Waals surface area contributed by atoms with Gasteiger partial charge in [0, 0.05) is 37.5 Å². The second-order valence-electron chi connectivity index (χ2n) is 6.97. The standard InChI is InChI=1S/C20H25N3O4S/c24-23(25)19-9-11-20(12-10-19)28(26,27)21-14-13-17-5-7-18(8-6-17)22-15-3-1-2-4-16-22/h5-12,21H,1-4,13-16H2. The van der Waals surface area contributed by atoms with Crippen molar-refractivity contribution in [3.05, 3.63) is 64.2 Å². The number of non-ortho nitro benzene ring substituents is 1. The predicted octanol–water partition coefficient (Wildman–Crippen LogP) is 3.50. The number of nitro groups is 1. The van der Waals surface area contributed by atoms with Crippen molar-refractivity contribution < 1.29 is 13.3 Å². The molecule has 1 N–H and O–H groups in total. The minimum absolute atomic E-state index is 0.0228. The molecule has 0 aromatic heterocycles. The molecule has 0 aliphatic carbocycles. The number of hydrogen-bond donors (Lipinski definition) is 1. The van der Waals surface area contributed by atoms with E-state index in [2.05, 4.69) is 21.8 Å². The molecule has 8 heteroatoms. The lowest BCUT2D eigenvalue weighted by atomic mass is 10.1. The third-order valence-electron chi connectivity index (χ3n) is 4.97. The Morgan fingerprint density at radius 1 is 0.929 bits per heavy atom. The van der Waals surface area contributed by atoms with Crippen LogP contribution in [-0.2, 0) is 16.4 Å². The molecule has 0 radical (unpaired) electrons. The van der Waals surface area contributed by atoms with E-state index in [1.54, 1.807) is 0 Å². The summed E-state index contributed by atoms with van der Waals surface area (Å²) in [5.41, 5.74) is 2.14. The molecule has 150 valence electrons. The molecule has 1 aliphatic rings. The molecular formula is C20H25N3O4S. The number of nitrogens with zero attached hydrogens (tertiary/aromatic N) is 2. The average molecular weight is 404 g/mol. The van der Waals surface area contributed by atoms with E-state index in [1.807, 2.05) is 12.1 Å². The SMILES string of the molecule is O=[N+]([O-])c1ccc(S(=O)(=O)NCCc2ccc(N3CCCCCC3)cc2)cc1. The number of sulfonamides is 1. The fraction of sp³-hybridized carbons (Fsp3) is 0.400. The summed E-state index contributed by atoms with van der Waals surface area (Å²) < 4.78 is 27.2. The van der Waals surface area contributed by atoms with Crippen LogP contribution in [0, 0.1) is 10.1 Å². The summed E-state index contributed by atoms with van der Waals surface area (Å²) in [6, 6.07) is 13.2. The molecule has 1 saturated heterocycles. The van der Waals surface area contributed by atoms with Gasteiger partial charge in [0.2, 0.25) is 10.0 Å². The van der Waals surface area contributed by atoms with Gasteiger partial charge in [-0.1, -0.05) is 25.0 Å². The number of benzene rings is 2. The normalized spacial score (nSPS) is 15.2. The van der Waals surface area contributed by atoms with Gasteiger partial charge in [-0.2, -0.15) is 0 Å². The summed E-state index contributed by atoms with van der Waals surface area (Å²) in [5.74, 6) is 0. The maximum Gasteiger partial charge on any atom is 0.269 e. The van der Waals surface area contributed by atoms with Gasteiger partial charge in [-0.25, -0.2) is 13.1 Å². The van der Waals surface area contributed by atoms with Crippen LogP contribution in [-0.4, -0.2) is 33.0 Å². The number of nitro benzene ring substituents is 1. The average Bonchev–Trinajstić information content (AvgIpc) is 2.98. The lowest BCUT2D eigenvalue weighted by Crippen LogP contribution is -2.26. The molecule has 1 heterocycles. The molecule has 0 atom stereocenters. The van der Waals surface area contributed by atoms with Gasteiger partial charge in [0.15, 0.2) is 0 Å². The molecule has 0 amide bonds. The van der Waals surface area contributed by atoms with Gasteiger partial charge >= 0.3 is 0 Å².